The molecule has 0 rings (SSSR count). The van der Waals surface area contributed by atoms with Crippen LogP contribution in [-0.4, -0.2) is 27.4 Å². The molecule has 0 aliphatic carbocycles. The number of rotatable bonds is 9. The molecule has 0 aliphatic heterocycles. The molecule has 0 bridgehead atoms. The van der Waals surface area contributed by atoms with Crippen LogP contribution in [0.1, 0.15) is 39.5 Å². The minimum atomic E-state index is -3.34. The predicted molar refractivity (Wildman–Crippen MR) is 63.8 cm³/mol. The monoisotopic (exact) mass is 256 g/mol. The number of unbranched alkanes of at least 4 members (excludes halogenated alkanes) is 1. The molecular formula is C10H21ClO3S. The highest BCUT2D eigenvalue weighted by atomic mass is 35.7. The van der Waals surface area contributed by atoms with Crippen LogP contribution < -0.4 is 0 Å². The lowest BCUT2D eigenvalue weighted by molar-refractivity contribution is 0.130. The Morgan fingerprint density at radius 1 is 1.13 bits per heavy atom. The van der Waals surface area contributed by atoms with Crippen LogP contribution in [0.2, 0.25) is 0 Å². The van der Waals surface area contributed by atoms with Crippen molar-refractivity contribution in [1.82, 2.24) is 0 Å². The molecule has 0 saturated carbocycles. The lowest BCUT2D eigenvalue weighted by Crippen LogP contribution is -2.04. The molecule has 0 N–H and O–H groups in total. The van der Waals surface area contributed by atoms with Gasteiger partial charge in [0.05, 0.1) is 5.75 Å². The minimum absolute atomic E-state index is 0.000545. The van der Waals surface area contributed by atoms with Crippen LogP contribution in [0.5, 0.6) is 0 Å². The van der Waals surface area contributed by atoms with Gasteiger partial charge in [0.2, 0.25) is 9.05 Å². The first-order chi connectivity index (χ1) is 6.92. The van der Waals surface area contributed by atoms with E-state index in [-0.39, 0.29) is 5.75 Å². The van der Waals surface area contributed by atoms with Crippen molar-refractivity contribution in [3.63, 3.8) is 0 Å². The summed E-state index contributed by atoms with van der Waals surface area (Å²) in [6.45, 7) is 5.60. The number of hydrogen-bond donors (Lipinski definition) is 0. The van der Waals surface area contributed by atoms with E-state index >= 15 is 0 Å². The third-order valence-electron chi connectivity index (χ3n) is 2.00. The zero-order valence-corrected chi connectivity index (χ0v) is 11.1. The summed E-state index contributed by atoms with van der Waals surface area (Å²) in [5.41, 5.74) is 0. The quantitative estimate of drug-likeness (QED) is 0.471. The second-order valence-electron chi connectivity index (χ2n) is 4.10. The fourth-order valence-electron chi connectivity index (χ4n) is 1.19. The second kappa shape index (κ2) is 8.36. The van der Waals surface area contributed by atoms with E-state index in [0.717, 1.165) is 18.9 Å². The third kappa shape index (κ3) is 14.2. The smallest absolute Gasteiger partial charge is 0.232 e. The summed E-state index contributed by atoms with van der Waals surface area (Å²) in [6.07, 6.45) is 3.92. The molecule has 0 saturated heterocycles. The molecule has 0 aromatic carbocycles. The van der Waals surface area contributed by atoms with Gasteiger partial charge in [0, 0.05) is 23.9 Å². The second-order valence-corrected chi connectivity index (χ2v) is 7.00. The summed E-state index contributed by atoms with van der Waals surface area (Å²) in [6, 6.07) is 0. The van der Waals surface area contributed by atoms with Crippen molar-refractivity contribution in [2.45, 2.75) is 39.5 Å². The lowest BCUT2D eigenvalue weighted by atomic mass is 10.1. The van der Waals surface area contributed by atoms with Gasteiger partial charge in [-0.25, -0.2) is 8.42 Å². The van der Waals surface area contributed by atoms with Gasteiger partial charge in [0.25, 0.3) is 0 Å². The Morgan fingerprint density at radius 2 is 1.73 bits per heavy atom. The Bertz CT molecular complexity index is 237. The average Bonchev–Trinajstić information content (AvgIpc) is 2.07. The van der Waals surface area contributed by atoms with E-state index in [0.29, 0.717) is 13.0 Å². The van der Waals surface area contributed by atoms with Crippen LogP contribution in [0.4, 0.5) is 0 Å². The maximum Gasteiger partial charge on any atom is 0.232 e. The van der Waals surface area contributed by atoms with Gasteiger partial charge in [-0.15, -0.1) is 0 Å². The summed E-state index contributed by atoms with van der Waals surface area (Å²) in [7, 11) is 1.71. The molecule has 0 atom stereocenters. The molecule has 0 unspecified atom stereocenters. The van der Waals surface area contributed by atoms with Crippen molar-refractivity contribution in [1.29, 1.82) is 0 Å². The van der Waals surface area contributed by atoms with E-state index in [9.17, 15) is 8.42 Å². The SMILES string of the molecule is CC(C)CCCCOCCCS(=O)(=O)Cl. The Balaban J connectivity index is 3.12. The lowest BCUT2D eigenvalue weighted by Gasteiger charge is -2.05. The topological polar surface area (TPSA) is 43.4 Å². The summed E-state index contributed by atoms with van der Waals surface area (Å²) in [5, 5.41) is 0. The molecule has 0 spiro atoms. The zero-order chi connectivity index (χ0) is 11.7. The van der Waals surface area contributed by atoms with Crippen LogP contribution in [0.15, 0.2) is 0 Å². The first kappa shape index (κ1) is 15.2. The first-order valence-electron chi connectivity index (χ1n) is 5.42. The summed E-state index contributed by atoms with van der Waals surface area (Å²) >= 11 is 0. The van der Waals surface area contributed by atoms with E-state index in [4.69, 9.17) is 15.4 Å². The van der Waals surface area contributed by atoms with Crippen LogP contribution in [0.25, 0.3) is 0 Å². The van der Waals surface area contributed by atoms with Crippen molar-refractivity contribution in [3.05, 3.63) is 0 Å². The fourth-order valence-corrected chi connectivity index (χ4v) is 1.98. The highest BCUT2D eigenvalue weighted by Gasteiger charge is 2.03. The molecule has 3 nitrogen and oxygen atoms in total. The molecule has 0 fully saturated rings. The van der Waals surface area contributed by atoms with Crippen LogP contribution in [-0.2, 0) is 13.8 Å². The summed E-state index contributed by atoms with van der Waals surface area (Å²) in [5.74, 6) is 0.743. The highest BCUT2D eigenvalue weighted by molar-refractivity contribution is 8.13. The largest absolute Gasteiger partial charge is 0.381 e. The summed E-state index contributed by atoms with van der Waals surface area (Å²) in [4.78, 5) is 0. The number of ether oxygens (including phenoxy) is 1. The molecular weight excluding hydrogens is 236 g/mol. The molecule has 0 heterocycles. The highest BCUT2D eigenvalue weighted by Crippen LogP contribution is 2.06. The minimum Gasteiger partial charge on any atom is -0.381 e. The molecule has 0 aromatic rings. The fraction of sp³-hybridized carbons (Fsp3) is 1.00. The molecule has 0 radical (unpaired) electrons. The van der Waals surface area contributed by atoms with Crippen LogP contribution in [0.3, 0.4) is 0 Å². The van der Waals surface area contributed by atoms with Crippen LogP contribution in [0, 0.1) is 5.92 Å². The van der Waals surface area contributed by atoms with Crippen molar-refractivity contribution in [2.24, 2.45) is 5.92 Å². The Morgan fingerprint density at radius 3 is 2.27 bits per heavy atom. The van der Waals surface area contributed by atoms with Gasteiger partial charge < -0.3 is 4.74 Å². The normalized spacial score (nSPS) is 12.3. The van der Waals surface area contributed by atoms with Gasteiger partial charge >= 0.3 is 0 Å². The van der Waals surface area contributed by atoms with Crippen LogP contribution >= 0.6 is 10.7 Å². The van der Waals surface area contributed by atoms with Gasteiger partial charge in [-0.2, -0.15) is 0 Å². The number of hydrogen-bond acceptors (Lipinski definition) is 3. The summed E-state index contributed by atoms with van der Waals surface area (Å²) < 4.78 is 26.4. The van der Waals surface area contributed by atoms with Crippen molar-refractivity contribution in [2.75, 3.05) is 19.0 Å². The van der Waals surface area contributed by atoms with E-state index in [1.807, 2.05) is 0 Å². The molecule has 0 aromatic heterocycles. The Hall–Kier alpha value is 0.200. The zero-order valence-electron chi connectivity index (χ0n) is 9.54. The first-order valence-corrected chi connectivity index (χ1v) is 7.90. The van der Waals surface area contributed by atoms with Crippen molar-refractivity contribution >= 4 is 19.7 Å². The van der Waals surface area contributed by atoms with E-state index < -0.39 is 9.05 Å². The molecule has 15 heavy (non-hydrogen) atoms. The van der Waals surface area contributed by atoms with Crippen molar-refractivity contribution in [3.8, 4) is 0 Å². The maximum atomic E-state index is 10.6. The standard InChI is InChI=1S/C10H21ClO3S/c1-10(2)6-3-4-7-14-8-5-9-15(11,12)13/h10H,3-9H2,1-2H3. The Labute approximate surface area is 97.6 Å². The van der Waals surface area contributed by atoms with Gasteiger partial charge in [-0.05, 0) is 18.8 Å². The van der Waals surface area contributed by atoms with E-state index in [1.165, 1.54) is 12.8 Å². The third-order valence-corrected chi connectivity index (χ3v) is 3.24. The Kier molecular flexibility index (Phi) is 8.47. The molecule has 0 amide bonds. The van der Waals surface area contributed by atoms with Gasteiger partial charge in [0.15, 0.2) is 0 Å². The predicted octanol–water partition coefficient (Wildman–Crippen LogP) is 2.79. The number of halogens is 1. The van der Waals surface area contributed by atoms with Gasteiger partial charge in [0.1, 0.15) is 0 Å². The molecule has 0 aliphatic rings. The maximum absolute atomic E-state index is 10.6. The van der Waals surface area contributed by atoms with Crippen molar-refractivity contribution < 1.29 is 13.2 Å². The molecule has 5 heteroatoms. The van der Waals surface area contributed by atoms with E-state index in [2.05, 4.69) is 13.8 Å². The molecule has 92 valence electrons. The van der Waals surface area contributed by atoms with Gasteiger partial charge in [-0.1, -0.05) is 26.7 Å². The average molecular weight is 257 g/mol. The van der Waals surface area contributed by atoms with Gasteiger partial charge in [-0.3, -0.25) is 0 Å². The van der Waals surface area contributed by atoms with E-state index in [1.54, 1.807) is 0 Å².